The molecule has 0 radical (unpaired) electrons. The van der Waals surface area contributed by atoms with Gasteiger partial charge in [0.05, 0.1) is 34.6 Å². The molecule has 0 unspecified atom stereocenters. The van der Waals surface area contributed by atoms with Gasteiger partial charge in [-0.3, -0.25) is 4.98 Å². The van der Waals surface area contributed by atoms with Crippen molar-refractivity contribution in [2.75, 3.05) is 13.2 Å². The van der Waals surface area contributed by atoms with E-state index in [9.17, 15) is 0 Å². The van der Waals surface area contributed by atoms with E-state index in [2.05, 4.69) is 54.6 Å². The molecule has 5 nitrogen and oxygen atoms in total. The molecule has 0 N–H and O–H groups in total. The zero-order chi connectivity index (χ0) is 21.9. The van der Waals surface area contributed by atoms with Crippen molar-refractivity contribution in [1.82, 2.24) is 4.98 Å². The number of hydrogen-bond acceptors (Lipinski definition) is 5. The molecule has 32 heavy (non-hydrogen) atoms. The summed E-state index contributed by atoms with van der Waals surface area (Å²) < 4.78 is 12.0. The van der Waals surface area contributed by atoms with Crippen molar-refractivity contribution < 1.29 is 9.47 Å². The number of hydrogen-bond donors (Lipinski definition) is 0. The third-order valence-electron chi connectivity index (χ3n) is 5.92. The standard InChI is InChI=1S/C27H27N3O2/c1-18-24(26-29-22(16-31-26)13-20-9-5-3-6-10-20)15-25(19(2)28-18)27-30-23(17-32-27)14-21-11-7-4-8-12-21/h3-12,15,22-23H,13-14,16-17H2,1-2H3/t22-,23-/m0/s1. The number of rotatable bonds is 6. The maximum absolute atomic E-state index is 5.99. The van der Waals surface area contributed by atoms with Gasteiger partial charge in [0.1, 0.15) is 13.2 Å². The molecule has 2 aliphatic rings. The van der Waals surface area contributed by atoms with E-state index in [4.69, 9.17) is 24.4 Å². The lowest BCUT2D eigenvalue weighted by Crippen LogP contribution is -2.12. The molecule has 0 aliphatic carbocycles. The smallest absolute Gasteiger partial charge is 0.218 e. The molecule has 3 aromatic rings. The van der Waals surface area contributed by atoms with Crippen molar-refractivity contribution in [2.24, 2.45) is 9.98 Å². The third-order valence-corrected chi connectivity index (χ3v) is 5.92. The van der Waals surface area contributed by atoms with Crippen molar-refractivity contribution in [1.29, 1.82) is 0 Å². The summed E-state index contributed by atoms with van der Waals surface area (Å²) in [5, 5.41) is 0. The lowest BCUT2D eigenvalue weighted by molar-refractivity contribution is 0.315. The first kappa shape index (κ1) is 20.4. The molecule has 0 saturated carbocycles. The van der Waals surface area contributed by atoms with E-state index in [1.807, 2.05) is 26.0 Å². The average Bonchev–Trinajstić information content (AvgIpc) is 3.45. The monoisotopic (exact) mass is 425 g/mol. The van der Waals surface area contributed by atoms with Crippen molar-refractivity contribution >= 4 is 11.8 Å². The zero-order valence-corrected chi connectivity index (χ0v) is 18.5. The molecule has 162 valence electrons. The molecule has 0 saturated heterocycles. The molecule has 0 amide bonds. The second-order valence-corrected chi connectivity index (χ2v) is 8.43. The number of pyridine rings is 1. The van der Waals surface area contributed by atoms with E-state index in [1.54, 1.807) is 0 Å². The Morgan fingerprint density at radius 1 is 0.688 bits per heavy atom. The summed E-state index contributed by atoms with van der Waals surface area (Å²) in [5.74, 6) is 1.33. The Hall–Kier alpha value is -3.47. The van der Waals surface area contributed by atoms with Gasteiger partial charge in [-0.05, 0) is 43.9 Å². The van der Waals surface area contributed by atoms with E-state index in [1.165, 1.54) is 11.1 Å². The first-order valence-electron chi connectivity index (χ1n) is 11.1. The molecular weight excluding hydrogens is 398 g/mol. The highest BCUT2D eigenvalue weighted by Crippen LogP contribution is 2.23. The van der Waals surface area contributed by atoms with E-state index in [0.29, 0.717) is 25.0 Å². The molecule has 2 aromatic carbocycles. The minimum atomic E-state index is 0.117. The van der Waals surface area contributed by atoms with E-state index >= 15 is 0 Å². The fourth-order valence-electron chi connectivity index (χ4n) is 4.27. The minimum absolute atomic E-state index is 0.117. The first-order valence-corrected chi connectivity index (χ1v) is 11.1. The van der Waals surface area contributed by atoms with Crippen LogP contribution in [-0.2, 0) is 22.3 Å². The van der Waals surface area contributed by atoms with Gasteiger partial charge in [0.25, 0.3) is 0 Å². The molecule has 0 spiro atoms. The van der Waals surface area contributed by atoms with Gasteiger partial charge in [-0.15, -0.1) is 0 Å². The largest absolute Gasteiger partial charge is 0.475 e. The van der Waals surface area contributed by atoms with Gasteiger partial charge < -0.3 is 9.47 Å². The summed E-state index contributed by atoms with van der Waals surface area (Å²) in [7, 11) is 0. The molecule has 5 heteroatoms. The molecule has 3 heterocycles. The lowest BCUT2D eigenvalue weighted by atomic mass is 10.1. The van der Waals surface area contributed by atoms with Crippen molar-refractivity contribution in [3.63, 3.8) is 0 Å². The fourth-order valence-corrected chi connectivity index (χ4v) is 4.27. The Kier molecular flexibility index (Phi) is 5.71. The van der Waals surface area contributed by atoms with Crippen LogP contribution in [0.25, 0.3) is 0 Å². The number of aliphatic imine (C=N–C) groups is 2. The molecular formula is C27H27N3O2. The molecule has 0 fully saturated rings. The maximum Gasteiger partial charge on any atom is 0.218 e. The summed E-state index contributed by atoms with van der Waals surface area (Å²) in [6, 6.07) is 23.1. The van der Waals surface area contributed by atoms with Crippen LogP contribution < -0.4 is 0 Å². The number of nitrogens with zero attached hydrogens (tertiary/aromatic N) is 3. The van der Waals surface area contributed by atoms with Gasteiger partial charge in [0.2, 0.25) is 11.8 Å². The number of benzene rings is 2. The highest BCUT2D eigenvalue weighted by Gasteiger charge is 2.26. The highest BCUT2D eigenvalue weighted by molar-refractivity contribution is 6.01. The maximum atomic E-state index is 5.99. The van der Waals surface area contributed by atoms with Crippen LogP contribution in [0.15, 0.2) is 76.7 Å². The number of aromatic nitrogens is 1. The van der Waals surface area contributed by atoms with Crippen LogP contribution in [0, 0.1) is 13.8 Å². The van der Waals surface area contributed by atoms with Crippen molar-refractivity contribution in [3.8, 4) is 0 Å². The zero-order valence-electron chi connectivity index (χ0n) is 18.5. The molecule has 1 aromatic heterocycles. The van der Waals surface area contributed by atoms with Gasteiger partial charge in [-0.25, -0.2) is 9.98 Å². The third kappa shape index (κ3) is 4.42. The second-order valence-electron chi connectivity index (χ2n) is 8.43. The van der Waals surface area contributed by atoms with E-state index < -0.39 is 0 Å². The van der Waals surface area contributed by atoms with Crippen LogP contribution in [0.2, 0.25) is 0 Å². The van der Waals surface area contributed by atoms with E-state index in [0.717, 1.165) is 35.4 Å². The summed E-state index contributed by atoms with van der Waals surface area (Å²) in [5.41, 5.74) is 6.18. The lowest BCUT2D eigenvalue weighted by Gasteiger charge is -2.11. The van der Waals surface area contributed by atoms with Gasteiger partial charge in [-0.2, -0.15) is 0 Å². The Morgan fingerprint density at radius 2 is 1.12 bits per heavy atom. The van der Waals surface area contributed by atoms with Gasteiger partial charge >= 0.3 is 0 Å². The highest BCUT2D eigenvalue weighted by atomic mass is 16.5. The number of aryl methyl sites for hydroxylation is 2. The van der Waals surface area contributed by atoms with Crippen LogP contribution in [0.3, 0.4) is 0 Å². The van der Waals surface area contributed by atoms with Gasteiger partial charge in [-0.1, -0.05) is 60.7 Å². The Bertz CT molecular complexity index is 1070. The Balaban J connectivity index is 1.37. The Labute approximate surface area is 188 Å². The predicted octanol–water partition coefficient (Wildman–Crippen LogP) is 4.47. The molecule has 5 rings (SSSR count). The molecule has 0 bridgehead atoms. The summed E-state index contributed by atoms with van der Waals surface area (Å²) in [6.45, 7) is 5.17. The van der Waals surface area contributed by atoms with Crippen molar-refractivity contribution in [3.05, 3.63) is 100 Å². The topological polar surface area (TPSA) is 56.1 Å². The minimum Gasteiger partial charge on any atom is -0.475 e. The van der Waals surface area contributed by atoms with E-state index in [-0.39, 0.29) is 12.1 Å². The SMILES string of the molecule is Cc1nc(C)c(C2=N[C@@H](Cc3ccccc3)CO2)cc1C1=N[C@@H](Cc2ccccc2)CO1. The summed E-state index contributed by atoms with van der Waals surface area (Å²) in [4.78, 5) is 14.5. The van der Waals surface area contributed by atoms with Crippen LogP contribution in [-0.4, -0.2) is 42.1 Å². The van der Waals surface area contributed by atoms with Crippen LogP contribution in [0.4, 0.5) is 0 Å². The van der Waals surface area contributed by atoms with Crippen LogP contribution in [0.1, 0.15) is 33.6 Å². The quantitative estimate of drug-likeness (QED) is 0.585. The summed E-state index contributed by atoms with van der Waals surface area (Å²) >= 11 is 0. The van der Waals surface area contributed by atoms with Gasteiger partial charge in [0, 0.05) is 0 Å². The van der Waals surface area contributed by atoms with Crippen molar-refractivity contribution in [2.45, 2.75) is 38.8 Å². The van der Waals surface area contributed by atoms with Gasteiger partial charge in [0.15, 0.2) is 0 Å². The second kappa shape index (κ2) is 8.95. The summed E-state index contributed by atoms with van der Waals surface area (Å²) in [6.07, 6.45) is 1.74. The normalized spacial score (nSPS) is 19.8. The van der Waals surface area contributed by atoms with Crippen LogP contribution in [0.5, 0.6) is 0 Å². The molecule has 2 aliphatic heterocycles. The molecule has 2 atom stereocenters. The average molecular weight is 426 g/mol. The Morgan fingerprint density at radius 3 is 1.56 bits per heavy atom. The predicted molar refractivity (Wildman–Crippen MR) is 127 cm³/mol. The number of ether oxygens (including phenoxy) is 2. The first-order chi connectivity index (χ1) is 15.7. The fraction of sp³-hybridized carbons (Fsp3) is 0.296. The van der Waals surface area contributed by atoms with Crippen LogP contribution >= 0.6 is 0 Å².